The molecule has 29 heavy (non-hydrogen) atoms. The monoisotopic (exact) mass is 404 g/mol. The first-order chi connectivity index (χ1) is 14.2. The maximum atomic E-state index is 13.2. The van der Waals surface area contributed by atoms with Crippen molar-refractivity contribution in [1.82, 2.24) is 0 Å². The molecule has 3 aromatic rings. The number of carbonyl (C=O) groups excluding carboxylic acids is 2. The number of amides is 2. The molecule has 1 aliphatic carbocycles. The molecule has 2 aromatic carbocycles. The molecule has 0 bridgehead atoms. The van der Waals surface area contributed by atoms with Crippen molar-refractivity contribution in [3.63, 3.8) is 0 Å². The van der Waals surface area contributed by atoms with Crippen molar-refractivity contribution in [1.29, 1.82) is 0 Å². The highest BCUT2D eigenvalue weighted by atomic mass is 32.1. The molecule has 0 aliphatic heterocycles. The third kappa shape index (κ3) is 4.25. The molecule has 2 N–H and O–H groups in total. The fraction of sp³-hybridized carbons (Fsp3) is 0.250. The summed E-state index contributed by atoms with van der Waals surface area (Å²) in [5.41, 5.74) is 4.62. The number of hydrogen-bond donors (Lipinski definition) is 2. The molecule has 1 heterocycles. The van der Waals surface area contributed by atoms with Crippen LogP contribution in [0.15, 0.2) is 54.6 Å². The van der Waals surface area contributed by atoms with Crippen molar-refractivity contribution in [3.05, 3.63) is 81.7 Å². The highest BCUT2D eigenvalue weighted by Gasteiger charge is 2.27. The molecule has 0 unspecified atom stereocenters. The van der Waals surface area contributed by atoms with E-state index in [0.717, 1.165) is 48.1 Å². The van der Waals surface area contributed by atoms with Gasteiger partial charge in [0.1, 0.15) is 5.00 Å². The van der Waals surface area contributed by atoms with Crippen molar-refractivity contribution >= 4 is 33.8 Å². The van der Waals surface area contributed by atoms with E-state index in [1.165, 1.54) is 4.88 Å². The van der Waals surface area contributed by atoms with Gasteiger partial charge in [0, 0.05) is 10.6 Å². The smallest absolute Gasteiger partial charge is 0.258 e. The number of anilines is 2. The molecule has 1 aliphatic rings. The summed E-state index contributed by atoms with van der Waals surface area (Å²) in [5.74, 6) is -0.237. The maximum absolute atomic E-state index is 13.2. The van der Waals surface area contributed by atoms with E-state index in [9.17, 15) is 9.59 Å². The lowest BCUT2D eigenvalue weighted by atomic mass is 10.1. The second-order valence-electron chi connectivity index (χ2n) is 7.24. The Morgan fingerprint density at radius 2 is 1.72 bits per heavy atom. The van der Waals surface area contributed by atoms with Crippen LogP contribution >= 0.6 is 11.3 Å². The highest BCUT2D eigenvalue weighted by molar-refractivity contribution is 7.17. The molecule has 1 aromatic heterocycles. The quantitative estimate of drug-likeness (QED) is 0.591. The van der Waals surface area contributed by atoms with Gasteiger partial charge in [-0.25, -0.2) is 0 Å². The lowest BCUT2D eigenvalue weighted by Crippen LogP contribution is -2.19. The van der Waals surface area contributed by atoms with E-state index in [1.807, 2.05) is 54.6 Å². The average Bonchev–Trinajstić information content (AvgIpc) is 3.29. The normalized spacial score (nSPS) is 12.4. The number of thiophene rings is 1. The van der Waals surface area contributed by atoms with Gasteiger partial charge in [0.05, 0.1) is 12.0 Å². The van der Waals surface area contributed by atoms with Gasteiger partial charge in [-0.3, -0.25) is 9.59 Å². The third-order valence-corrected chi connectivity index (χ3v) is 6.46. The molecule has 0 saturated heterocycles. The van der Waals surface area contributed by atoms with Gasteiger partial charge in [0.25, 0.3) is 5.91 Å². The van der Waals surface area contributed by atoms with E-state index in [0.29, 0.717) is 17.0 Å². The maximum Gasteiger partial charge on any atom is 0.258 e. The molecule has 5 heteroatoms. The molecule has 0 atom stereocenters. The van der Waals surface area contributed by atoms with Crippen LogP contribution < -0.4 is 10.6 Å². The molecule has 4 nitrogen and oxygen atoms in total. The van der Waals surface area contributed by atoms with Gasteiger partial charge in [-0.1, -0.05) is 55.5 Å². The van der Waals surface area contributed by atoms with Gasteiger partial charge in [0.2, 0.25) is 5.91 Å². The van der Waals surface area contributed by atoms with Crippen LogP contribution in [0.3, 0.4) is 0 Å². The first kappa shape index (κ1) is 19.4. The standard InChI is InChI=1S/C24H24N2O2S/c1-2-17-11-6-7-13-19(17)25-23(28)22-18-12-8-14-20(18)29-24(22)26-21(27)15-16-9-4-3-5-10-16/h3-7,9-11,13H,2,8,12,14-15H2,1H3,(H,25,28)(H,26,27). The summed E-state index contributed by atoms with van der Waals surface area (Å²) < 4.78 is 0. The summed E-state index contributed by atoms with van der Waals surface area (Å²) in [6.07, 6.45) is 4.06. The zero-order chi connectivity index (χ0) is 20.2. The van der Waals surface area contributed by atoms with E-state index in [1.54, 1.807) is 11.3 Å². The minimum Gasteiger partial charge on any atom is -0.322 e. The fourth-order valence-corrected chi connectivity index (χ4v) is 5.12. The van der Waals surface area contributed by atoms with E-state index in [4.69, 9.17) is 0 Å². The van der Waals surface area contributed by atoms with Gasteiger partial charge in [-0.05, 0) is 48.4 Å². The van der Waals surface area contributed by atoms with E-state index >= 15 is 0 Å². The Hall–Kier alpha value is -2.92. The summed E-state index contributed by atoms with van der Waals surface area (Å²) >= 11 is 1.54. The van der Waals surface area contributed by atoms with Crippen LogP contribution in [0.1, 0.15) is 45.3 Å². The van der Waals surface area contributed by atoms with Gasteiger partial charge >= 0.3 is 0 Å². The largest absolute Gasteiger partial charge is 0.322 e. The minimum atomic E-state index is -0.139. The van der Waals surface area contributed by atoms with Crippen molar-refractivity contribution in [2.24, 2.45) is 0 Å². The van der Waals surface area contributed by atoms with Crippen molar-refractivity contribution in [2.45, 2.75) is 39.0 Å². The molecule has 0 spiro atoms. The second kappa shape index (κ2) is 8.62. The van der Waals surface area contributed by atoms with Crippen LogP contribution in [0.2, 0.25) is 0 Å². The molecular weight excluding hydrogens is 380 g/mol. The van der Waals surface area contributed by atoms with Crippen molar-refractivity contribution in [3.8, 4) is 0 Å². The number of carbonyl (C=O) groups is 2. The molecule has 2 amide bonds. The molecule has 4 rings (SSSR count). The number of rotatable bonds is 6. The zero-order valence-corrected chi connectivity index (χ0v) is 17.3. The van der Waals surface area contributed by atoms with Crippen LogP contribution in [0, 0.1) is 0 Å². The van der Waals surface area contributed by atoms with Crippen LogP contribution in [0.25, 0.3) is 0 Å². The Balaban J connectivity index is 1.58. The first-order valence-electron chi connectivity index (χ1n) is 10.0. The summed E-state index contributed by atoms with van der Waals surface area (Å²) in [5, 5.41) is 6.74. The predicted octanol–water partition coefficient (Wildman–Crippen LogP) is 5.23. The zero-order valence-electron chi connectivity index (χ0n) is 16.5. The van der Waals surface area contributed by atoms with Gasteiger partial charge in [0.15, 0.2) is 0 Å². The highest BCUT2D eigenvalue weighted by Crippen LogP contribution is 2.39. The minimum absolute atomic E-state index is 0.0980. The Morgan fingerprint density at radius 3 is 2.52 bits per heavy atom. The summed E-state index contributed by atoms with van der Waals surface area (Å²) in [4.78, 5) is 27.0. The SMILES string of the molecule is CCc1ccccc1NC(=O)c1c(NC(=O)Cc2ccccc2)sc2c1CCC2. The molecule has 0 fully saturated rings. The number of aryl methyl sites for hydroxylation is 2. The summed E-state index contributed by atoms with van der Waals surface area (Å²) in [6, 6.07) is 17.5. The average molecular weight is 405 g/mol. The van der Waals surface area contributed by atoms with Crippen LogP contribution in [-0.2, 0) is 30.5 Å². The van der Waals surface area contributed by atoms with Gasteiger partial charge < -0.3 is 10.6 Å². The summed E-state index contributed by atoms with van der Waals surface area (Å²) in [6.45, 7) is 2.07. The van der Waals surface area contributed by atoms with Crippen molar-refractivity contribution < 1.29 is 9.59 Å². The van der Waals surface area contributed by atoms with Crippen molar-refractivity contribution in [2.75, 3.05) is 10.6 Å². The van der Waals surface area contributed by atoms with E-state index < -0.39 is 0 Å². The molecule has 148 valence electrons. The lowest BCUT2D eigenvalue weighted by molar-refractivity contribution is -0.115. The van der Waals surface area contributed by atoms with Crippen LogP contribution in [0.4, 0.5) is 10.7 Å². The molecule has 0 saturated carbocycles. The third-order valence-electron chi connectivity index (χ3n) is 5.26. The topological polar surface area (TPSA) is 58.2 Å². The Kier molecular flexibility index (Phi) is 5.76. The summed E-state index contributed by atoms with van der Waals surface area (Å²) in [7, 11) is 0. The number of para-hydroxylation sites is 1. The number of hydrogen-bond acceptors (Lipinski definition) is 3. The Morgan fingerprint density at radius 1 is 0.966 bits per heavy atom. The van der Waals surface area contributed by atoms with Gasteiger partial charge in [-0.15, -0.1) is 11.3 Å². The van der Waals surface area contributed by atoms with Crippen LogP contribution in [0.5, 0.6) is 0 Å². The molecular formula is C24H24N2O2S. The predicted molar refractivity (Wildman–Crippen MR) is 119 cm³/mol. The van der Waals surface area contributed by atoms with Gasteiger partial charge in [-0.2, -0.15) is 0 Å². The van der Waals surface area contributed by atoms with E-state index in [2.05, 4.69) is 17.6 Å². The number of fused-ring (bicyclic) bond motifs is 1. The number of benzene rings is 2. The first-order valence-corrected chi connectivity index (χ1v) is 10.8. The molecule has 0 radical (unpaired) electrons. The fourth-order valence-electron chi connectivity index (χ4n) is 3.82. The second-order valence-corrected chi connectivity index (χ2v) is 8.34. The Labute approximate surface area is 175 Å². The number of nitrogens with one attached hydrogen (secondary N) is 2. The Bertz CT molecular complexity index is 1040. The lowest BCUT2D eigenvalue weighted by Gasteiger charge is -2.12. The van der Waals surface area contributed by atoms with Crippen LogP contribution in [-0.4, -0.2) is 11.8 Å². The van der Waals surface area contributed by atoms with E-state index in [-0.39, 0.29) is 11.8 Å².